The first-order valence-electron chi connectivity index (χ1n) is 9.71. The molecule has 0 aromatic heterocycles. The Balaban J connectivity index is 3.58. The van der Waals surface area contributed by atoms with Gasteiger partial charge < -0.3 is 21.1 Å². The lowest BCUT2D eigenvalue weighted by Gasteiger charge is -2.27. The number of carbonyl (C=O) groups excluding carboxylic acids is 1. The average Bonchev–Trinajstić information content (AvgIpc) is 2.59. The minimum absolute atomic E-state index is 0.263. The number of ketones is 1. The number of hydrogen-bond donors (Lipinski definition) is 4. The van der Waals surface area contributed by atoms with Crippen LogP contribution >= 0.6 is 0 Å². The van der Waals surface area contributed by atoms with Gasteiger partial charge in [-0.25, -0.2) is 0 Å². The molecule has 6 heteroatoms. The van der Waals surface area contributed by atoms with Crippen molar-refractivity contribution in [2.24, 2.45) is 5.73 Å². The quantitative estimate of drug-likeness (QED) is 0.296. The summed E-state index contributed by atoms with van der Waals surface area (Å²) in [4.78, 5) is 22.7. The van der Waals surface area contributed by atoms with Crippen molar-refractivity contribution in [3.63, 3.8) is 0 Å². The number of carboxylic acid groups (broad SMARTS) is 1. The second-order valence-corrected chi connectivity index (χ2v) is 7.03. The molecule has 0 saturated carbocycles. The number of rotatable bonds is 17. The summed E-state index contributed by atoms with van der Waals surface area (Å²) in [5.74, 6) is -1.02. The van der Waals surface area contributed by atoms with Crippen molar-refractivity contribution in [1.82, 2.24) is 0 Å². The zero-order chi connectivity index (χ0) is 19.1. The van der Waals surface area contributed by atoms with Gasteiger partial charge in [-0.3, -0.25) is 9.59 Å². The minimum atomic E-state index is -1.97. The van der Waals surface area contributed by atoms with E-state index in [1.54, 1.807) is 0 Å². The van der Waals surface area contributed by atoms with Gasteiger partial charge in [0.15, 0.2) is 5.54 Å². The minimum Gasteiger partial charge on any atom is -0.480 e. The second-order valence-electron chi connectivity index (χ2n) is 7.03. The van der Waals surface area contributed by atoms with Crippen LogP contribution in [0, 0.1) is 0 Å². The summed E-state index contributed by atoms with van der Waals surface area (Å²) in [6.07, 6.45) is 10.5. The first-order valence-corrected chi connectivity index (χ1v) is 9.71. The molecule has 0 heterocycles. The average molecular weight is 360 g/mol. The standard InChI is InChI=1S/C19H37NO5/c1-2-3-4-9-12-16(22)13-10-7-5-6-8-11-14-17(23)19(20,15-21)18(24)25/h17,21,23H,2-15,20H2,1H3,(H,24,25)/t17-,19+/m1/s1. The van der Waals surface area contributed by atoms with Crippen LogP contribution in [0.1, 0.15) is 90.4 Å². The number of unbranched alkanes of at least 4 members (excludes halogenated alkanes) is 8. The van der Waals surface area contributed by atoms with Gasteiger partial charge in [0.25, 0.3) is 0 Å². The predicted octanol–water partition coefficient (Wildman–Crippen LogP) is 2.78. The van der Waals surface area contributed by atoms with Crippen molar-refractivity contribution in [2.45, 2.75) is 102 Å². The van der Waals surface area contributed by atoms with Crippen molar-refractivity contribution in [1.29, 1.82) is 0 Å². The molecule has 0 fully saturated rings. The Hall–Kier alpha value is -0.980. The van der Waals surface area contributed by atoms with Crippen molar-refractivity contribution >= 4 is 11.8 Å². The van der Waals surface area contributed by atoms with Gasteiger partial charge in [-0.1, -0.05) is 58.3 Å². The van der Waals surface area contributed by atoms with Gasteiger partial charge in [0.1, 0.15) is 5.78 Å². The number of nitrogens with two attached hydrogens (primary N) is 1. The summed E-state index contributed by atoms with van der Waals surface area (Å²) in [6, 6.07) is 0. The number of aliphatic carboxylic acids is 1. The maximum absolute atomic E-state index is 11.7. The van der Waals surface area contributed by atoms with Crippen LogP contribution in [0.15, 0.2) is 0 Å². The fourth-order valence-electron chi connectivity index (χ4n) is 2.81. The Morgan fingerprint density at radius 3 is 1.88 bits per heavy atom. The molecule has 0 aliphatic heterocycles. The van der Waals surface area contributed by atoms with E-state index < -0.39 is 24.2 Å². The van der Waals surface area contributed by atoms with E-state index in [2.05, 4.69) is 6.92 Å². The van der Waals surface area contributed by atoms with Crippen LogP contribution in [0.5, 0.6) is 0 Å². The van der Waals surface area contributed by atoms with E-state index in [9.17, 15) is 14.7 Å². The van der Waals surface area contributed by atoms with Gasteiger partial charge in [0.05, 0.1) is 12.7 Å². The third-order valence-corrected chi connectivity index (χ3v) is 4.75. The van der Waals surface area contributed by atoms with Crippen LogP contribution in [0.2, 0.25) is 0 Å². The van der Waals surface area contributed by atoms with Gasteiger partial charge in [-0.15, -0.1) is 0 Å². The summed E-state index contributed by atoms with van der Waals surface area (Å²) < 4.78 is 0. The molecular weight excluding hydrogens is 322 g/mol. The van der Waals surface area contributed by atoms with Crippen LogP contribution < -0.4 is 5.73 Å². The summed E-state index contributed by atoms with van der Waals surface area (Å²) in [5.41, 5.74) is 3.54. The van der Waals surface area contributed by atoms with Crippen molar-refractivity contribution in [3.8, 4) is 0 Å². The van der Waals surface area contributed by atoms with Crippen LogP contribution in [0.3, 0.4) is 0 Å². The van der Waals surface area contributed by atoms with Crippen LogP contribution in [-0.2, 0) is 9.59 Å². The summed E-state index contributed by atoms with van der Waals surface area (Å²) >= 11 is 0. The molecule has 2 atom stereocenters. The number of aliphatic hydroxyl groups excluding tert-OH is 2. The van der Waals surface area contributed by atoms with Crippen molar-refractivity contribution in [2.75, 3.05) is 6.61 Å². The van der Waals surface area contributed by atoms with E-state index in [4.69, 9.17) is 15.9 Å². The first-order chi connectivity index (χ1) is 11.9. The lowest BCUT2D eigenvalue weighted by Crippen LogP contribution is -2.60. The highest BCUT2D eigenvalue weighted by molar-refractivity contribution is 5.79. The summed E-state index contributed by atoms with van der Waals surface area (Å²) in [5, 5.41) is 27.9. The lowest BCUT2D eigenvalue weighted by atomic mass is 9.90. The number of hydrogen-bond acceptors (Lipinski definition) is 5. The molecule has 0 aliphatic rings. The molecule has 0 bridgehead atoms. The van der Waals surface area contributed by atoms with Crippen molar-refractivity contribution in [3.05, 3.63) is 0 Å². The number of carbonyl (C=O) groups is 2. The molecule has 0 radical (unpaired) electrons. The van der Waals surface area contributed by atoms with Crippen LogP contribution in [0.4, 0.5) is 0 Å². The number of carboxylic acids is 1. The van der Waals surface area contributed by atoms with E-state index in [0.29, 0.717) is 25.0 Å². The van der Waals surface area contributed by atoms with E-state index in [0.717, 1.165) is 44.9 Å². The largest absolute Gasteiger partial charge is 0.480 e. The Labute approximate surface area is 151 Å². The first kappa shape index (κ1) is 24.0. The fourth-order valence-corrected chi connectivity index (χ4v) is 2.81. The molecule has 5 N–H and O–H groups in total. The Bertz CT molecular complexity index is 375. The van der Waals surface area contributed by atoms with Crippen molar-refractivity contribution < 1.29 is 24.9 Å². The Morgan fingerprint density at radius 2 is 1.40 bits per heavy atom. The highest BCUT2D eigenvalue weighted by atomic mass is 16.4. The molecular formula is C19H37NO5. The molecule has 0 spiro atoms. The van der Waals surface area contributed by atoms with E-state index in [1.807, 2.05) is 0 Å². The molecule has 0 saturated heterocycles. The predicted molar refractivity (Wildman–Crippen MR) is 98.3 cm³/mol. The van der Waals surface area contributed by atoms with Gasteiger partial charge in [-0.05, 0) is 19.3 Å². The molecule has 0 aromatic carbocycles. The van der Waals surface area contributed by atoms with Gasteiger partial charge >= 0.3 is 5.97 Å². The maximum atomic E-state index is 11.7. The smallest absolute Gasteiger partial charge is 0.328 e. The normalized spacial score (nSPS) is 14.9. The highest BCUT2D eigenvalue weighted by Crippen LogP contribution is 2.16. The zero-order valence-corrected chi connectivity index (χ0v) is 15.7. The maximum Gasteiger partial charge on any atom is 0.328 e. The van der Waals surface area contributed by atoms with Crippen LogP contribution in [0.25, 0.3) is 0 Å². The highest BCUT2D eigenvalue weighted by Gasteiger charge is 2.40. The molecule has 0 aliphatic carbocycles. The lowest BCUT2D eigenvalue weighted by molar-refractivity contribution is -0.150. The molecule has 0 rings (SSSR count). The van der Waals surface area contributed by atoms with Crippen LogP contribution in [-0.4, -0.2) is 45.3 Å². The SMILES string of the molecule is CCCCCCC(=O)CCCCCCCC[C@@H](O)[C@@](N)(CO)C(=O)O. The number of Topliss-reactive ketones (excluding diaryl/α,β-unsaturated/α-hetero) is 1. The summed E-state index contributed by atoms with van der Waals surface area (Å²) in [7, 11) is 0. The summed E-state index contributed by atoms with van der Waals surface area (Å²) in [6.45, 7) is 1.38. The molecule has 0 unspecified atom stereocenters. The Kier molecular flexibility index (Phi) is 13.7. The number of aliphatic hydroxyl groups is 2. The monoisotopic (exact) mass is 359 g/mol. The van der Waals surface area contributed by atoms with Gasteiger partial charge in [0.2, 0.25) is 0 Å². The molecule has 0 aromatic rings. The van der Waals surface area contributed by atoms with E-state index in [1.165, 1.54) is 12.8 Å². The van der Waals surface area contributed by atoms with E-state index in [-0.39, 0.29) is 6.42 Å². The fraction of sp³-hybridized carbons (Fsp3) is 0.895. The van der Waals surface area contributed by atoms with E-state index >= 15 is 0 Å². The topological polar surface area (TPSA) is 121 Å². The Morgan fingerprint density at radius 1 is 0.920 bits per heavy atom. The van der Waals surface area contributed by atoms with Gasteiger partial charge in [-0.2, -0.15) is 0 Å². The second kappa shape index (κ2) is 14.2. The molecule has 148 valence electrons. The third-order valence-electron chi connectivity index (χ3n) is 4.75. The van der Waals surface area contributed by atoms with Gasteiger partial charge in [0, 0.05) is 12.8 Å². The zero-order valence-electron chi connectivity index (χ0n) is 15.7. The third kappa shape index (κ3) is 10.6. The molecule has 0 amide bonds. The molecule has 25 heavy (non-hydrogen) atoms. The molecule has 6 nitrogen and oxygen atoms in total.